The highest BCUT2D eigenvalue weighted by atomic mass is 16.5. The van der Waals surface area contributed by atoms with Crippen molar-refractivity contribution in [2.24, 2.45) is 16.5 Å². The van der Waals surface area contributed by atoms with Gasteiger partial charge in [0.2, 0.25) is 17.4 Å². The molecule has 1 aromatic carbocycles. The molecule has 42 heavy (non-hydrogen) atoms. The van der Waals surface area contributed by atoms with E-state index in [0.29, 0.717) is 25.3 Å². The molecule has 226 valence electrons. The van der Waals surface area contributed by atoms with Crippen LogP contribution in [0.1, 0.15) is 49.5 Å². The highest BCUT2D eigenvalue weighted by Gasteiger charge is 2.75. The second-order valence-electron chi connectivity index (χ2n) is 12.2. The Bertz CT molecular complexity index is 1420. The summed E-state index contributed by atoms with van der Waals surface area (Å²) in [6.45, 7) is 6.69. The number of aliphatic imine (C=N–C) groups is 1. The normalized spacial score (nSPS) is 30.6. The Morgan fingerprint density at radius 1 is 1.29 bits per heavy atom. The lowest BCUT2D eigenvalue weighted by molar-refractivity contribution is -0.623. The van der Waals surface area contributed by atoms with Crippen molar-refractivity contribution in [3.8, 4) is 5.75 Å². The molecule has 0 saturated carbocycles. The van der Waals surface area contributed by atoms with E-state index >= 15 is 0 Å². The van der Waals surface area contributed by atoms with Gasteiger partial charge in [-0.1, -0.05) is 32.9 Å². The molecule has 0 bridgehead atoms. The number of carbonyl (C=O) groups excluding carboxylic acids is 3. The minimum absolute atomic E-state index is 0.0354. The average Bonchev–Trinajstić information content (AvgIpc) is 3.49. The fraction of sp³-hybridized carbons (Fsp3) is 0.593. The van der Waals surface area contributed by atoms with Crippen LogP contribution in [0.25, 0.3) is 0 Å². The molecule has 0 aromatic heterocycles. The third-order valence-corrected chi connectivity index (χ3v) is 9.14. The number of ether oxygens (including phenoxy) is 1. The van der Waals surface area contributed by atoms with Crippen LogP contribution in [0.3, 0.4) is 0 Å². The number of aliphatic hydroxyl groups is 2. The molecule has 4 atom stereocenters. The molecule has 0 radical (unpaired) electrons. The topological polar surface area (TPSA) is 211 Å². The first-order valence-corrected chi connectivity index (χ1v) is 14.2. The first-order chi connectivity index (χ1) is 19.8. The van der Waals surface area contributed by atoms with Gasteiger partial charge in [-0.05, 0) is 24.3 Å². The number of para-hydroxylation sites is 1. The number of hydrogen-bond donors (Lipinski definition) is 7. The average molecular weight is 585 g/mol. The van der Waals surface area contributed by atoms with Crippen LogP contribution in [0.5, 0.6) is 5.75 Å². The number of fused-ring (bicyclic) bond motifs is 1. The fourth-order valence-corrected chi connectivity index (χ4v) is 6.91. The van der Waals surface area contributed by atoms with Gasteiger partial charge in [-0.2, -0.15) is 0 Å². The lowest BCUT2D eigenvalue weighted by Crippen LogP contribution is -2.79. The number of nitrogens with two attached hydrogens (primary N) is 2. The number of hydrogen-bond acceptors (Lipinski definition) is 11. The van der Waals surface area contributed by atoms with Crippen molar-refractivity contribution in [2.75, 3.05) is 32.8 Å². The first kappa shape index (κ1) is 28.0. The Hall–Kier alpha value is -4.11. The van der Waals surface area contributed by atoms with Gasteiger partial charge < -0.3 is 36.2 Å². The molecular weight excluding hydrogens is 546 g/mol. The number of nitrogens with one attached hydrogen (secondary N) is 3. The fourth-order valence-electron chi connectivity index (χ4n) is 6.91. The standard InChI is InChI=1S/C27H37N9O6/c1-4-9-34-13-18(37)35(24(34)39)11-16-20-26(33-22(28)32-20)27(40,41)17(12-36(26)23(29)30-16)31-21(38)14-6-5-7-15-19(14)42-10-8-25(15,2)3/h5-7,16-17,20,40-41H,4,8-13H2,1-3H3,(H6,28,29,30,31,32,33,38)/p+1/t16-,17?,20?,26?/m0/s1. The molecule has 2 fully saturated rings. The van der Waals surface area contributed by atoms with E-state index in [0.717, 1.165) is 16.9 Å². The predicted molar refractivity (Wildman–Crippen MR) is 149 cm³/mol. The third kappa shape index (κ3) is 3.90. The van der Waals surface area contributed by atoms with Crippen LogP contribution in [0.2, 0.25) is 0 Å². The molecule has 1 spiro atoms. The molecule has 9 N–H and O–H groups in total. The molecule has 5 aliphatic rings. The maximum atomic E-state index is 13.6. The molecule has 15 nitrogen and oxygen atoms in total. The zero-order valence-electron chi connectivity index (χ0n) is 23.9. The van der Waals surface area contributed by atoms with Crippen LogP contribution in [-0.4, -0.2) is 117 Å². The summed E-state index contributed by atoms with van der Waals surface area (Å²) in [5.41, 5.74) is 11.7. The zero-order chi connectivity index (χ0) is 30.2. The van der Waals surface area contributed by atoms with E-state index in [9.17, 15) is 24.6 Å². The van der Waals surface area contributed by atoms with Crippen LogP contribution in [0.15, 0.2) is 23.2 Å². The van der Waals surface area contributed by atoms with Gasteiger partial charge in [0.25, 0.3) is 5.91 Å². The van der Waals surface area contributed by atoms with Crippen molar-refractivity contribution < 1.29 is 33.9 Å². The van der Waals surface area contributed by atoms with Crippen molar-refractivity contribution in [1.82, 2.24) is 25.8 Å². The number of guanidine groups is 2. The van der Waals surface area contributed by atoms with Gasteiger partial charge in [0.1, 0.15) is 30.4 Å². The number of rotatable bonds is 6. The number of amides is 4. The Morgan fingerprint density at radius 2 is 2.05 bits per heavy atom. The predicted octanol–water partition coefficient (Wildman–Crippen LogP) is -2.50. The van der Waals surface area contributed by atoms with E-state index in [1.165, 1.54) is 9.48 Å². The zero-order valence-corrected chi connectivity index (χ0v) is 23.9. The summed E-state index contributed by atoms with van der Waals surface area (Å²) in [4.78, 5) is 46.3. The number of imide groups is 1. The Kier molecular flexibility index (Phi) is 6.31. The maximum absolute atomic E-state index is 13.6. The van der Waals surface area contributed by atoms with Crippen LogP contribution < -0.4 is 32.2 Å². The summed E-state index contributed by atoms with van der Waals surface area (Å²) in [6, 6.07) is 1.84. The third-order valence-electron chi connectivity index (χ3n) is 9.14. The van der Waals surface area contributed by atoms with E-state index in [1.54, 1.807) is 12.1 Å². The number of benzene rings is 1. The molecule has 4 amide bonds. The molecule has 6 rings (SSSR count). The molecule has 5 aliphatic heterocycles. The highest BCUT2D eigenvalue weighted by molar-refractivity contribution is 6.02. The summed E-state index contributed by atoms with van der Waals surface area (Å²) in [5.74, 6) is -3.13. The van der Waals surface area contributed by atoms with E-state index in [2.05, 4.69) is 34.8 Å². The van der Waals surface area contributed by atoms with Crippen molar-refractivity contribution >= 4 is 29.8 Å². The quantitative estimate of drug-likeness (QED) is 0.106. The lowest BCUT2D eigenvalue weighted by atomic mass is 9.79. The van der Waals surface area contributed by atoms with E-state index < -0.39 is 41.5 Å². The summed E-state index contributed by atoms with van der Waals surface area (Å²) < 4.78 is 7.37. The lowest BCUT2D eigenvalue weighted by Gasteiger charge is -2.44. The molecule has 0 aliphatic carbocycles. The largest absolute Gasteiger partial charge is 0.492 e. The summed E-state index contributed by atoms with van der Waals surface area (Å²) in [6.07, 6.45) is 1.49. The monoisotopic (exact) mass is 584 g/mol. The van der Waals surface area contributed by atoms with E-state index in [-0.39, 0.29) is 48.4 Å². The van der Waals surface area contributed by atoms with Crippen molar-refractivity contribution in [3.05, 3.63) is 29.3 Å². The molecule has 5 heterocycles. The van der Waals surface area contributed by atoms with Gasteiger partial charge >= 0.3 is 12.0 Å². The Labute approximate surface area is 242 Å². The molecule has 3 unspecified atom stereocenters. The van der Waals surface area contributed by atoms with Crippen LogP contribution >= 0.6 is 0 Å². The van der Waals surface area contributed by atoms with Gasteiger partial charge in [-0.25, -0.2) is 14.4 Å². The van der Waals surface area contributed by atoms with Crippen LogP contribution in [0.4, 0.5) is 4.79 Å². The smallest absolute Gasteiger partial charge is 0.346 e. The Morgan fingerprint density at radius 3 is 2.79 bits per heavy atom. The van der Waals surface area contributed by atoms with Gasteiger partial charge in [-0.15, -0.1) is 0 Å². The molecule has 2 saturated heterocycles. The molecular formula is C27H38N9O6+. The second kappa shape index (κ2) is 9.46. The first-order valence-electron chi connectivity index (χ1n) is 14.2. The minimum atomic E-state index is -2.65. The Balaban J connectivity index is 1.30. The van der Waals surface area contributed by atoms with Gasteiger partial charge in [0.15, 0.2) is 5.96 Å². The molecule has 15 heteroatoms. The maximum Gasteiger partial charge on any atom is 0.346 e. The highest BCUT2D eigenvalue weighted by Crippen LogP contribution is 2.43. The van der Waals surface area contributed by atoms with Gasteiger partial charge in [-0.3, -0.25) is 25.5 Å². The SMILES string of the molecule is CCCN1CC(=O)N(C[C@@H]2NC(N)=[N+]3CC(NC(=O)c4cccc5c4OCCC5(C)C)C(O)(O)C34NC(N)=NC24)C1=O. The summed E-state index contributed by atoms with van der Waals surface area (Å²) in [7, 11) is 0. The minimum Gasteiger partial charge on any atom is -0.492 e. The van der Waals surface area contributed by atoms with Crippen molar-refractivity contribution in [2.45, 2.75) is 68.6 Å². The summed E-state index contributed by atoms with van der Waals surface area (Å²) in [5, 5.41) is 32.3. The molecule has 1 aromatic rings. The van der Waals surface area contributed by atoms with Crippen molar-refractivity contribution in [3.63, 3.8) is 0 Å². The van der Waals surface area contributed by atoms with E-state index in [1.807, 2.05) is 13.0 Å². The van der Waals surface area contributed by atoms with Gasteiger partial charge in [0.05, 0.1) is 25.3 Å². The van der Waals surface area contributed by atoms with Gasteiger partial charge in [0, 0.05) is 12.1 Å². The number of carbonyl (C=O) groups is 3. The number of nitrogens with zero attached hydrogens (tertiary/aromatic N) is 4. The number of urea groups is 1. The van der Waals surface area contributed by atoms with Crippen LogP contribution in [-0.2, 0) is 10.2 Å². The van der Waals surface area contributed by atoms with Crippen LogP contribution in [0, 0.1) is 0 Å². The van der Waals surface area contributed by atoms with Crippen molar-refractivity contribution in [1.29, 1.82) is 0 Å². The van der Waals surface area contributed by atoms with E-state index in [4.69, 9.17) is 16.2 Å². The summed E-state index contributed by atoms with van der Waals surface area (Å²) >= 11 is 0. The second-order valence-corrected chi connectivity index (χ2v) is 12.2.